The number of unbranched alkanes of at least 4 members (excludes halogenated alkanes) is 2. The number of rotatable bonds is 14. The van der Waals surface area contributed by atoms with Gasteiger partial charge in [-0.05, 0) is 124 Å². The van der Waals surface area contributed by atoms with E-state index in [2.05, 4.69) is 45.9 Å². The second-order valence-electron chi connectivity index (χ2n) is 15.6. The summed E-state index contributed by atoms with van der Waals surface area (Å²) in [5.41, 5.74) is 1.34. The fourth-order valence-electron chi connectivity index (χ4n) is 8.97. The predicted molar refractivity (Wildman–Crippen MR) is 215 cm³/mol. The number of fused-ring (bicyclic) bond motifs is 3. The van der Waals surface area contributed by atoms with E-state index in [9.17, 15) is 15.0 Å². The van der Waals surface area contributed by atoms with Gasteiger partial charge in [0.2, 0.25) is 5.96 Å². The molecule has 2 aliphatic carbocycles. The van der Waals surface area contributed by atoms with Crippen molar-refractivity contribution in [2.24, 2.45) is 28.2 Å². The van der Waals surface area contributed by atoms with Crippen LogP contribution in [0.4, 0.5) is 5.69 Å². The molecule has 2 aromatic carbocycles. The average Bonchev–Trinajstić information content (AvgIpc) is 3.76. The number of aliphatic imine (C=N–C) groups is 1. The Bertz CT molecular complexity index is 1700. The van der Waals surface area contributed by atoms with Gasteiger partial charge in [0, 0.05) is 45.2 Å². The molecule has 2 fully saturated rings. The van der Waals surface area contributed by atoms with Crippen molar-refractivity contribution in [1.29, 1.82) is 0 Å². The number of ether oxygens (including phenoxy) is 3. The molecule has 5 atom stereocenters. The first-order valence-electron chi connectivity index (χ1n) is 19.9. The molecule has 3 aliphatic rings. The van der Waals surface area contributed by atoms with Crippen LogP contribution in [0.2, 0.25) is 0 Å². The van der Waals surface area contributed by atoms with Gasteiger partial charge >= 0.3 is 0 Å². The topological polar surface area (TPSA) is 134 Å². The third kappa shape index (κ3) is 10.1. The largest absolute Gasteiger partial charge is 0.504 e. The molecule has 0 amide bonds. The maximum Gasteiger partial charge on any atom is 0.207 e. The highest BCUT2D eigenvalue weighted by Crippen LogP contribution is 2.49. The minimum atomic E-state index is -0.630. The summed E-state index contributed by atoms with van der Waals surface area (Å²) in [6, 6.07) is 12.4. The summed E-state index contributed by atoms with van der Waals surface area (Å²) in [7, 11) is 6.90. The van der Waals surface area contributed by atoms with Crippen LogP contribution in [-0.4, -0.2) is 69.0 Å². The van der Waals surface area contributed by atoms with Gasteiger partial charge in [0.1, 0.15) is 5.60 Å². The first kappa shape index (κ1) is 41.0. The van der Waals surface area contributed by atoms with Crippen molar-refractivity contribution in [1.82, 2.24) is 10.6 Å². The Balaban J connectivity index is 1.53. The van der Waals surface area contributed by atoms with Crippen molar-refractivity contribution < 1.29 is 29.2 Å². The first-order chi connectivity index (χ1) is 26.2. The summed E-state index contributed by atoms with van der Waals surface area (Å²) < 4.78 is 17.7. The molecule has 54 heavy (non-hydrogen) atoms. The first-order valence-corrected chi connectivity index (χ1v) is 19.9. The number of carbonyl (C=O) groups is 1. The molecule has 0 radical (unpaired) electrons. The van der Waals surface area contributed by atoms with Gasteiger partial charge in [-0.2, -0.15) is 0 Å². The van der Waals surface area contributed by atoms with Crippen molar-refractivity contribution in [2.45, 2.75) is 102 Å². The van der Waals surface area contributed by atoms with Crippen molar-refractivity contribution in [3.63, 3.8) is 0 Å². The van der Waals surface area contributed by atoms with Crippen molar-refractivity contribution in [3.8, 4) is 35.0 Å². The van der Waals surface area contributed by atoms with Crippen LogP contribution in [-0.2, 0) is 22.4 Å². The number of nitrogens with zero attached hydrogens (tertiary/aromatic N) is 1. The highest BCUT2D eigenvalue weighted by Gasteiger charge is 2.47. The minimum Gasteiger partial charge on any atom is -0.504 e. The Morgan fingerprint density at radius 1 is 1.07 bits per heavy atom. The number of guanidine groups is 1. The number of methoxy groups -OCH3 is 2. The van der Waals surface area contributed by atoms with Crippen LogP contribution < -0.4 is 25.4 Å². The average molecular weight is 743 g/mol. The molecule has 0 spiro atoms. The van der Waals surface area contributed by atoms with E-state index in [4.69, 9.17) is 14.2 Å². The van der Waals surface area contributed by atoms with Gasteiger partial charge in [0.05, 0.1) is 12.8 Å². The quantitative estimate of drug-likeness (QED) is 0.0757. The molecule has 294 valence electrons. The Kier molecular flexibility index (Phi) is 14.7. The van der Waals surface area contributed by atoms with Gasteiger partial charge in [-0.1, -0.05) is 50.7 Å². The highest BCUT2D eigenvalue weighted by atomic mass is 16.5. The number of hydrogen-bond donors (Lipinski definition) is 5. The van der Waals surface area contributed by atoms with Gasteiger partial charge in [0.15, 0.2) is 28.8 Å². The lowest BCUT2D eigenvalue weighted by Crippen LogP contribution is -2.42. The molecular formula is C44H62N4O6. The number of ketones is 1. The van der Waals surface area contributed by atoms with Crippen molar-refractivity contribution in [2.75, 3.05) is 46.8 Å². The predicted octanol–water partition coefficient (Wildman–Crippen LogP) is 7.53. The summed E-state index contributed by atoms with van der Waals surface area (Å²) in [6.07, 6.45) is 16.3. The molecule has 5 rings (SSSR count). The van der Waals surface area contributed by atoms with Crippen LogP contribution in [0.1, 0.15) is 95.1 Å². The van der Waals surface area contributed by atoms with Crippen LogP contribution >= 0.6 is 0 Å². The summed E-state index contributed by atoms with van der Waals surface area (Å²) in [5.74, 6) is 5.41. The van der Waals surface area contributed by atoms with E-state index in [1.54, 1.807) is 27.3 Å². The molecule has 1 aliphatic heterocycles. The Labute approximate surface area is 322 Å². The second-order valence-corrected chi connectivity index (χ2v) is 15.6. The number of nitrogens with one attached hydrogen (secondary N) is 3. The number of phenolic OH excluding ortho intramolecular Hbond substituents is 2. The zero-order chi connectivity index (χ0) is 38.6. The van der Waals surface area contributed by atoms with E-state index in [1.807, 2.05) is 37.4 Å². The van der Waals surface area contributed by atoms with Crippen LogP contribution in [0.25, 0.3) is 0 Å². The second kappa shape index (κ2) is 19.4. The van der Waals surface area contributed by atoms with E-state index in [0.717, 1.165) is 81.8 Å². The number of hydrogen-bond acceptors (Lipinski definition) is 8. The smallest absolute Gasteiger partial charge is 0.207 e. The molecule has 10 heteroatoms. The molecule has 10 nitrogen and oxygen atoms in total. The van der Waals surface area contributed by atoms with E-state index < -0.39 is 11.0 Å². The van der Waals surface area contributed by atoms with Crippen LogP contribution in [0, 0.1) is 35.1 Å². The van der Waals surface area contributed by atoms with Gasteiger partial charge in [-0.15, -0.1) is 0 Å². The lowest BCUT2D eigenvalue weighted by atomic mass is 9.68. The fraction of sp³-hybridized carbons (Fsp3) is 0.591. The van der Waals surface area contributed by atoms with E-state index in [1.165, 1.54) is 0 Å². The lowest BCUT2D eigenvalue weighted by molar-refractivity contribution is -0.125. The molecule has 2 aromatic rings. The SMILES string of the molecule is CCCCC[C@H]1/C=C/C(=O)[C@]2(Cc3ccc(O)c(OC)c3)CCC[C@H]2CC#CNC(=NC)Nc2cc(cc(O[C@]3(CNC)CC[C@H](CCOC)C3)c2O)C1. The van der Waals surface area contributed by atoms with Gasteiger partial charge in [-0.3, -0.25) is 15.1 Å². The van der Waals surface area contributed by atoms with Gasteiger partial charge < -0.3 is 35.1 Å². The van der Waals surface area contributed by atoms with E-state index in [-0.39, 0.29) is 29.1 Å². The maximum absolute atomic E-state index is 14.6. The molecular weight excluding hydrogens is 681 g/mol. The molecule has 5 N–H and O–H groups in total. The Hall–Kier alpha value is -4.20. The molecule has 0 saturated heterocycles. The minimum absolute atomic E-state index is 0.0291. The van der Waals surface area contributed by atoms with Crippen LogP contribution in [0.15, 0.2) is 47.5 Å². The molecule has 0 aromatic heterocycles. The zero-order valence-electron chi connectivity index (χ0n) is 33.1. The summed E-state index contributed by atoms with van der Waals surface area (Å²) >= 11 is 0. The maximum atomic E-state index is 14.6. The van der Waals surface area contributed by atoms with E-state index in [0.29, 0.717) is 61.5 Å². The third-order valence-corrected chi connectivity index (χ3v) is 11.9. The lowest BCUT2D eigenvalue weighted by Gasteiger charge is -2.33. The zero-order valence-corrected chi connectivity index (χ0v) is 33.1. The Morgan fingerprint density at radius 2 is 1.93 bits per heavy atom. The molecule has 1 heterocycles. The highest BCUT2D eigenvalue weighted by molar-refractivity contribution is 5.97. The molecule has 0 unspecified atom stereocenters. The number of aromatic hydroxyl groups is 2. The van der Waals surface area contributed by atoms with E-state index >= 15 is 0 Å². The van der Waals surface area contributed by atoms with Gasteiger partial charge in [-0.25, -0.2) is 0 Å². The number of benzene rings is 2. The summed E-state index contributed by atoms with van der Waals surface area (Å²) in [6.45, 7) is 3.58. The fourth-order valence-corrected chi connectivity index (χ4v) is 8.97. The third-order valence-electron chi connectivity index (χ3n) is 11.9. The standard InChI is InChI=1S/C44H62N4O6/c1-6-7-8-11-31-15-17-40(50)44(29-33-14-16-37(49)38(26-33)53-5)20-9-12-35(44)13-10-22-47-42(46-3)48-36-25-34(24-31)27-39(41(36)51)54-43(30-45-2)21-18-32(28-43)19-23-52-4/h14-17,25-27,31-32,35,45,49,51H,6-9,11-13,18-21,23-24,28-30H2,1-5H3,(H2,46,47,48)/b17-15+/t31-,32+,35-,43+,44-/m0/s1. The van der Waals surface area contributed by atoms with Gasteiger partial charge in [0.25, 0.3) is 0 Å². The van der Waals surface area contributed by atoms with Crippen LogP contribution in [0.5, 0.6) is 23.0 Å². The summed E-state index contributed by atoms with van der Waals surface area (Å²) in [4.78, 5) is 19.1. The molecule has 2 saturated carbocycles. The number of allylic oxidation sites excluding steroid dienone is 2. The molecule has 2 bridgehead atoms. The summed E-state index contributed by atoms with van der Waals surface area (Å²) in [5, 5.41) is 31.8. The Morgan fingerprint density at radius 3 is 2.69 bits per heavy atom. The number of anilines is 1. The monoisotopic (exact) mass is 742 g/mol. The number of carbonyl (C=O) groups excluding carboxylic acids is 1. The van der Waals surface area contributed by atoms with Crippen molar-refractivity contribution >= 4 is 17.4 Å². The van der Waals surface area contributed by atoms with Crippen LogP contribution in [0.3, 0.4) is 0 Å². The normalized spacial score (nSPS) is 27.0. The van der Waals surface area contributed by atoms with Crippen molar-refractivity contribution in [3.05, 3.63) is 53.6 Å². The number of phenols is 2. The number of likely N-dealkylation sites (N-methyl/N-ethyl adjacent to an activating group) is 1.